The second kappa shape index (κ2) is 8.26. The van der Waals surface area contributed by atoms with E-state index in [1.54, 1.807) is 12.2 Å². The first-order valence-electron chi connectivity index (χ1n) is 10.5. The minimum absolute atomic E-state index is 0.100. The Hall–Kier alpha value is -3.41. The molecular formula is C21H28N9O2+. The first-order valence-corrected chi connectivity index (χ1v) is 10.5. The number of aromatic nitrogens is 2. The van der Waals surface area contributed by atoms with E-state index in [0.29, 0.717) is 24.7 Å². The van der Waals surface area contributed by atoms with Crippen LogP contribution in [0, 0.1) is 22.2 Å². The molecule has 2 aromatic rings. The highest BCUT2D eigenvalue weighted by Gasteiger charge is 2.49. The molecule has 2 aliphatic rings. The monoisotopic (exact) mass is 438 g/mol. The van der Waals surface area contributed by atoms with Crippen molar-refractivity contribution in [3.63, 3.8) is 0 Å². The molecule has 32 heavy (non-hydrogen) atoms. The highest BCUT2D eigenvalue weighted by molar-refractivity contribution is 6.09. The van der Waals surface area contributed by atoms with Gasteiger partial charge in [-0.2, -0.15) is 0 Å². The zero-order valence-corrected chi connectivity index (χ0v) is 18.1. The number of hydroxylamine groups is 2. The molecule has 7 N–H and O–H groups in total. The summed E-state index contributed by atoms with van der Waals surface area (Å²) in [7, 11) is 0. The first-order chi connectivity index (χ1) is 15.3. The molecule has 1 aliphatic carbocycles. The number of para-hydroxylation sites is 2. The van der Waals surface area contributed by atoms with E-state index in [1.807, 2.05) is 35.2 Å². The van der Waals surface area contributed by atoms with Gasteiger partial charge in [0.15, 0.2) is 18.1 Å². The third-order valence-electron chi connectivity index (χ3n) is 6.09. The molecule has 1 aromatic carbocycles. The fraction of sp³-hybridized carbons (Fsp3) is 0.381. The summed E-state index contributed by atoms with van der Waals surface area (Å²) in [5.41, 5.74) is 5.54. The average Bonchev–Trinajstić information content (AvgIpc) is 3.37. The number of hydrogen-bond donors (Lipinski definition) is 7. The van der Waals surface area contributed by atoms with Crippen molar-refractivity contribution in [3.05, 3.63) is 53.6 Å². The Morgan fingerprint density at radius 2 is 1.94 bits per heavy atom. The summed E-state index contributed by atoms with van der Waals surface area (Å²) in [6.07, 6.45) is 4.43. The normalized spacial score (nSPS) is 24.3. The third-order valence-corrected chi connectivity index (χ3v) is 6.09. The quantitative estimate of drug-likeness (QED) is 0.152. The highest BCUT2D eigenvalue weighted by Crippen LogP contribution is 2.44. The Bertz CT molecular complexity index is 1100. The summed E-state index contributed by atoms with van der Waals surface area (Å²) in [6.45, 7) is 5.50. The van der Waals surface area contributed by atoms with E-state index in [4.69, 9.17) is 15.8 Å². The third kappa shape index (κ3) is 3.60. The van der Waals surface area contributed by atoms with Crippen molar-refractivity contribution in [2.24, 2.45) is 21.7 Å². The number of benzene rings is 1. The molecule has 1 unspecified atom stereocenters. The maximum absolute atomic E-state index is 9.35. The number of amidine groups is 2. The zero-order valence-electron chi connectivity index (χ0n) is 18.1. The molecule has 0 amide bonds. The molecule has 1 atom stereocenters. The number of allylic oxidation sites excluding steroid dienone is 2. The van der Waals surface area contributed by atoms with Gasteiger partial charge in [0.25, 0.3) is 0 Å². The summed E-state index contributed by atoms with van der Waals surface area (Å²) in [6, 6.07) is 7.85. The topological polar surface area (TPSA) is 166 Å². The molecule has 0 fully saturated rings. The Kier molecular flexibility index (Phi) is 5.63. The van der Waals surface area contributed by atoms with E-state index in [9.17, 15) is 10.4 Å². The van der Waals surface area contributed by atoms with Gasteiger partial charge in [0.1, 0.15) is 29.3 Å². The van der Waals surface area contributed by atoms with Crippen LogP contribution >= 0.6 is 0 Å². The van der Waals surface area contributed by atoms with Crippen LogP contribution in [0.3, 0.4) is 0 Å². The lowest BCUT2D eigenvalue weighted by Crippen LogP contribution is -2.50. The fourth-order valence-electron chi connectivity index (χ4n) is 4.21. The molecular weight excluding hydrogens is 410 g/mol. The van der Waals surface area contributed by atoms with Crippen molar-refractivity contribution in [1.29, 1.82) is 10.8 Å². The Balaban J connectivity index is 1.72. The molecule has 0 spiro atoms. The first kappa shape index (κ1) is 21.8. The number of imidazole rings is 1. The maximum atomic E-state index is 9.35. The van der Waals surface area contributed by atoms with Crippen LogP contribution < -0.4 is 11.0 Å². The number of hydrogen-bond acceptors (Lipinski definition) is 7. The summed E-state index contributed by atoms with van der Waals surface area (Å²) in [4.78, 5) is 8.10. The number of nitrogens with zero attached hydrogens (tertiary/aromatic N) is 4. The number of nitrogens with one attached hydrogen (secondary N) is 5. The summed E-state index contributed by atoms with van der Waals surface area (Å²) >= 11 is 0. The predicted octanol–water partition coefficient (Wildman–Crippen LogP) is 3.38. The molecule has 1 aliphatic heterocycles. The van der Waals surface area contributed by atoms with Gasteiger partial charge < -0.3 is 4.98 Å². The maximum Gasteiger partial charge on any atom is 0.184 e. The van der Waals surface area contributed by atoms with Crippen LogP contribution in [0.25, 0.3) is 11.0 Å². The van der Waals surface area contributed by atoms with E-state index in [1.165, 1.54) is 0 Å². The van der Waals surface area contributed by atoms with Crippen LogP contribution in [0.1, 0.15) is 32.5 Å². The average molecular weight is 439 g/mol. The minimum Gasteiger partial charge on any atom is -0.337 e. The van der Waals surface area contributed by atoms with Gasteiger partial charge >= 0.3 is 0 Å². The van der Waals surface area contributed by atoms with Crippen molar-refractivity contribution in [2.45, 2.75) is 33.2 Å². The van der Waals surface area contributed by atoms with Gasteiger partial charge in [-0.1, -0.05) is 37.2 Å². The molecule has 1 aromatic heterocycles. The van der Waals surface area contributed by atoms with Gasteiger partial charge in [-0.15, -0.1) is 4.59 Å². The minimum atomic E-state index is -1.39. The molecule has 0 saturated heterocycles. The predicted molar refractivity (Wildman–Crippen MR) is 118 cm³/mol. The summed E-state index contributed by atoms with van der Waals surface area (Å²) in [5.74, 6) is 0.575. The largest absolute Gasteiger partial charge is 0.337 e. The van der Waals surface area contributed by atoms with Crippen molar-refractivity contribution >= 4 is 22.7 Å². The molecule has 2 heterocycles. The number of quaternary nitrogens is 1. The standard InChI is InChI=1S/C21H28N9O2/c1-13(2)8-10-30(12-18-24-14-5-3-4-6-15(14)25-18)17-7-9-21(19(22)27-31,20(23)28-32)11-16(17)26-29-30/h3-7,9,13,31-32H,8,10-12H2,1-2H3,(H2,22,27)(H2,23,28)(H,24,25)/q+1. The van der Waals surface area contributed by atoms with Crippen LogP contribution in [0.5, 0.6) is 0 Å². The number of rotatable bonds is 7. The number of aromatic amines is 1. The SMILES string of the molecule is CC(C)CC[N+]1(Cc2nc3ccccc3[nH]2)N=NC2=C1C=CC(C(=N)NO)(C(=N)NO)C2. The van der Waals surface area contributed by atoms with Gasteiger partial charge in [-0.3, -0.25) is 32.2 Å². The van der Waals surface area contributed by atoms with Gasteiger partial charge in [0, 0.05) is 24.1 Å². The highest BCUT2D eigenvalue weighted by atomic mass is 16.5. The lowest BCUT2D eigenvalue weighted by atomic mass is 9.77. The van der Waals surface area contributed by atoms with Crippen LogP contribution in [-0.4, -0.2) is 43.2 Å². The van der Waals surface area contributed by atoms with Crippen LogP contribution in [0.4, 0.5) is 0 Å². The van der Waals surface area contributed by atoms with Crippen LogP contribution in [0.2, 0.25) is 0 Å². The van der Waals surface area contributed by atoms with Crippen molar-refractivity contribution in [3.8, 4) is 0 Å². The number of H-pyrrole nitrogens is 1. The van der Waals surface area contributed by atoms with Crippen molar-refractivity contribution in [1.82, 2.24) is 20.9 Å². The fourth-order valence-corrected chi connectivity index (χ4v) is 4.21. The molecule has 0 saturated carbocycles. The lowest BCUT2D eigenvalue weighted by Gasteiger charge is -2.34. The second-order valence-corrected chi connectivity index (χ2v) is 8.66. The summed E-state index contributed by atoms with van der Waals surface area (Å²) in [5, 5.41) is 44.0. The molecule has 4 rings (SSSR count). The van der Waals surface area contributed by atoms with Gasteiger partial charge in [-0.25, -0.2) is 4.98 Å². The van der Waals surface area contributed by atoms with E-state index in [-0.39, 0.29) is 22.7 Å². The van der Waals surface area contributed by atoms with Crippen LogP contribution in [-0.2, 0) is 6.54 Å². The summed E-state index contributed by atoms with van der Waals surface area (Å²) < 4.78 is 0.222. The van der Waals surface area contributed by atoms with Gasteiger partial charge in [0.2, 0.25) is 0 Å². The Morgan fingerprint density at radius 1 is 1.22 bits per heavy atom. The Morgan fingerprint density at radius 3 is 2.59 bits per heavy atom. The molecule has 11 heteroatoms. The van der Waals surface area contributed by atoms with E-state index >= 15 is 0 Å². The van der Waals surface area contributed by atoms with Crippen molar-refractivity contribution in [2.75, 3.05) is 6.54 Å². The smallest absolute Gasteiger partial charge is 0.184 e. The van der Waals surface area contributed by atoms with E-state index in [0.717, 1.165) is 29.0 Å². The van der Waals surface area contributed by atoms with Gasteiger partial charge in [-0.05, 0) is 18.1 Å². The molecule has 11 nitrogen and oxygen atoms in total. The Labute approximate surface area is 185 Å². The van der Waals surface area contributed by atoms with E-state index < -0.39 is 5.41 Å². The zero-order chi connectivity index (χ0) is 22.9. The molecule has 0 bridgehead atoms. The second-order valence-electron chi connectivity index (χ2n) is 8.66. The van der Waals surface area contributed by atoms with Crippen molar-refractivity contribution < 1.29 is 15.0 Å². The lowest BCUT2D eigenvalue weighted by molar-refractivity contribution is -0.911. The van der Waals surface area contributed by atoms with E-state index in [2.05, 4.69) is 29.2 Å². The van der Waals surface area contributed by atoms with Gasteiger partial charge in [0.05, 0.1) is 11.0 Å². The van der Waals surface area contributed by atoms with Crippen LogP contribution in [0.15, 0.2) is 58.1 Å². The number of fused-ring (bicyclic) bond motifs is 1. The molecule has 0 radical (unpaired) electrons. The molecule has 168 valence electrons.